The molecule has 1 nitrogen and oxygen atoms in total. The minimum absolute atomic E-state index is 0.340. The van der Waals surface area contributed by atoms with Gasteiger partial charge in [0.05, 0.1) is 8.07 Å². The van der Waals surface area contributed by atoms with Gasteiger partial charge in [-0.15, -0.1) is 0 Å². The predicted molar refractivity (Wildman–Crippen MR) is 75.5 cm³/mol. The fraction of sp³-hybridized carbons (Fsp3) is 0.533. The van der Waals surface area contributed by atoms with Crippen LogP contribution in [0.25, 0.3) is 0 Å². The molecule has 92 valence electrons. The average Bonchev–Trinajstić information content (AvgIpc) is 2.40. The van der Waals surface area contributed by atoms with Gasteiger partial charge in [0.1, 0.15) is 6.29 Å². The quantitative estimate of drug-likeness (QED) is 0.591. The number of benzene rings is 1. The highest BCUT2D eigenvalue weighted by atomic mass is 28.3. The molecule has 0 aromatic heterocycles. The summed E-state index contributed by atoms with van der Waals surface area (Å²) in [5.74, 6) is 0.340. The molecule has 1 saturated heterocycles. The number of rotatable bonds is 3. The Morgan fingerprint density at radius 2 is 1.82 bits per heavy atom. The Balaban J connectivity index is 2.20. The maximum absolute atomic E-state index is 10.9. The molecule has 0 bridgehead atoms. The van der Waals surface area contributed by atoms with Crippen molar-refractivity contribution < 1.29 is 4.79 Å². The molecule has 0 N–H and O–H groups in total. The molecule has 0 aliphatic carbocycles. The van der Waals surface area contributed by atoms with Crippen molar-refractivity contribution in [2.24, 2.45) is 5.92 Å². The first-order chi connectivity index (χ1) is 8.20. The van der Waals surface area contributed by atoms with Gasteiger partial charge in [-0.25, -0.2) is 0 Å². The summed E-state index contributed by atoms with van der Waals surface area (Å²) in [6.07, 6.45) is 3.41. The SMILES string of the molecule is CC[Si]1(c2ccc(C)cc2)CCC(C=O)CC1. The fourth-order valence-electron chi connectivity index (χ4n) is 3.08. The van der Waals surface area contributed by atoms with E-state index in [9.17, 15) is 4.79 Å². The highest BCUT2D eigenvalue weighted by Gasteiger charge is 2.37. The largest absolute Gasteiger partial charge is 0.303 e. The van der Waals surface area contributed by atoms with Crippen LogP contribution in [-0.2, 0) is 4.79 Å². The minimum Gasteiger partial charge on any atom is -0.303 e. The van der Waals surface area contributed by atoms with E-state index in [1.54, 1.807) is 5.19 Å². The van der Waals surface area contributed by atoms with Crippen LogP contribution in [0.4, 0.5) is 0 Å². The molecule has 17 heavy (non-hydrogen) atoms. The van der Waals surface area contributed by atoms with Crippen molar-refractivity contribution in [3.63, 3.8) is 0 Å². The van der Waals surface area contributed by atoms with Crippen LogP contribution in [0.15, 0.2) is 24.3 Å². The Hall–Kier alpha value is -0.893. The van der Waals surface area contributed by atoms with E-state index in [1.165, 1.54) is 30.0 Å². The Labute approximate surface area is 105 Å². The zero-order valence-electron chi connectivity index (χ0n) is 10.9. The second-order valence-electron chi connectivity index (χ2n) is 5.47. The first-order valence-corrected chi connectivity index (χ1v) is 9.35. The lowest BCUT2D eigenvalue weighted by molar-refractivity contribution is -0.111. The minimum atomic E-state index is -1.27. The van der Waals surface area contributed by atoms with Gasteiger partial charge in [0.2, 0.25) is 0 Å². The molecule has 0 radical (unpaired) electrons. The van der Waals surface area contributed by atoms with Crippen LogP contribution in [-0.4, -0.2) is 14.4 Å². The Kier molecular flexibility index (Phi) is 3.82. The van der Waals surface area contributed by atoms with E-state index < -0.39 is 8.07 Å². The Morgan fingerprint density at radius 1 is 1.24 bits per heavy atom. The molecule has 2 heteroatoms. The van der Waals surface area contributed by atoms with E-state index in [0.29, 0.717) is 5.92 Å². The fourth-order valence-corrected chi connectivity index (χ4v) is 7.75. The first-order valence-electron chi connectivity index (χ1n) is 6.72. The molecule has 0 atom stereocenters. The number of carbonyl (C=O) groups is 1. The Morgan fingerprint density at radius 3 is 2.29 bits per heavy atom. The number of aldehydes is 1. The molecule has 1 aliphatic heterocycles. The van der Waals surface area contributed by atoms with Crippen LogP contribution in [0.5, 0.6) is 0 Å². The summed E-state index contributed by atoms with van der Waals surface area (Å²) >= 11 is 0. The van der Waals surface area contributed by atoms with Gasteiger partial charge in [0, 0.05) is 5.92 Å². The van der Waals surface area contributed by atoms with Crippen LogP contribution < -0.4 is 5.19 Å². The topological polar surface area (TPSA) is 17.1 Å². The third kappa shape index (κ3) is 2.52. The summed E-state index contributed by atoms with van der Waals surface area (Å²) in [7, 11) is -1.27. The second kappa shape index (κ2) is 5.17. The molecule has 1 aromatic rings. The van der Waals surface area contributed by atoms with E-state index in [1.807, 2.05) is 0 Å². The lowest BCUT2D eigenvalue weighted by Crippen LogP contribution is -2.49. The van der Waals surface area contributed by atoms with Crippen molar-refractivity contribution in [3.05, 3.63) is 29.8 Å². The predicted octanol–water partition coefficient (Wildman–Crippen LogP) is 3.28. The smallest absolute Gasteiger partial charge is 0.123 e. The zero-order valence-corrected chi connectivity index (χ0v) is 11.9. The number of hydrogen-bond acceptors (Lipinski definition) is 1. The van der Waals surface area contributed by atoms with E-state index in [4.69, 9.17) is 0 Å². The molecule has 0 amide bonds. The highest BCUT2D eigenvalue weighted by Crippen LogP contribution is 2.34. The number of carbonyl (C=O) groups excluding carboxylic acids is 1. The van der Waals surface area contributed by atoms with Crippen molar-refractivity contribution >= 4 is 19.5 Å². The summed E-state index contributed by atoms with van der Waals surface area (Å²) < 4.78 is 0. The third-order valence-corrected chi connectivity index (χ3v) is 9.92. The second-order valence-corrected chi connectivity index (χ2v) is 10.3. The van der Waals surface area contributed by atoms with Gasteiger partial charge in [0.25, 0.3) is 0 Å². The molecular formula is C15H22OSi. The lowest BCUT2D eigenvalue weighted by atomic mass is 10.1. The van der Waals surface area contributed by atoms with Crippen LogP contribution in [0.1, 0.15) is 25.3 Å². The normalized spacial score (nSPS) is 28.9. The van der Waals surface area contributed by atoms with Gasteiger partial charge in [-0.05, 0) is 19.8 Å². The van der Waals surface area contributed by atoms with Crippen LogP contribution in [0, 0.1) is 12.8 Å². The molecule has 1 aliphatic rings. The molecular weight excluding hydrogens is 224 g/mol. The van der Waals surface area contributed by atoms with Gasteiger partial charge < -0.3 is 4.79 Å². The zero-order chi connectivity index (χ0) is 12.3. The van der Waals surface area contributed by atoms with Crippen molar-refractivity contribution in [2.75, 3.05) is 0 Å². The summed E-state index contributed by atoms with van der Waals surface area (Å²) in [5, 5.41) is 1.61. The van der Waals surface area contributed by atoms with Gasteiger partial charge in [0.15, 0.2) is 0 Å². The maximum Gasteiger partial charge on any atom is 0.123 e. The van der Waals surface area contributed by atoms with E-state index >= 15 is 0 Å². The first kappa shape index (κ1) is 12.6. The average molecular weight is 246 g/mol. The summed E-state index contributed by atoms with van der Waals surface area (Å²) in [6.45, 7) is 4.49. The van der Waals surface area contributed by atoms with Crippen LogP contribution >= 0.6 is 0 Å². The number of aryl methyl sites for hydroxylation is 1. The monoisotopic (exact) mass is 246 g/mol. The molecule has 0 spiro atoms. The van der Waals surface area contributed by atoms with Crippen LogP contribution in [0.2, 0.25) is 18.1 Å². The Bertz CT molecular complexity index is 374. The molecule has 0 saturated carbocycles. The molecule has 1 aromatic carbocycles. The van der Waals surface area contributed by atoms with Crippen LogP contribution in [0.3, 0.4) is 0 Å². The molecule has 1 fully saturated rings. The van der Waals surface area contributed by atoms with E-state index in [0.717, 1.165) is 12.8 Å². The molecule has 0 unspecified atom stereocenters. The molecule has 2 rings (SSSR count). The highest BCUT2D eigenvalue weighted by molar-refractivity contribution is 6.92. The maximum atomic E-state index is 10.9. The molecule has 1 heterocycles. The van der Waals surface area contributed by atoms with Gasteiger partial charge in [-0.2, -0.15) is 0 Å². The van der Waals surface area contributed by atoms with Gasteiger partial charge >= 0.3 is 0 Å². The number of hydrogen-bond donors (Lipinski definition) is 0. The van der Waals surface area contributed by atoms with Gasteiger partial charge in [-0.1, -0.05) is 60.1 Å². The van der Waals surface area contributed by atoms with Crippen molar-refractivity contribution in [1.82, 2.24) is 0 Å². The van der Waals surface area contributed by atoms with Crippen molar-refractivity contribution in [3.8, 4) is 0 Å². The van der Waals surface area contributed by atoms with Crippen molar-refractivity contribution in [2.45, 2.75) is 44.8 Å². The third-order valence-electron chi connectivity index (χ3n) is 4.52. The summed E-state index contributed by atoms with van der Waals surface area (Å²) in [6, 6.07) is 13.1. The van der Waals surface area contributed by atoms with Crippen molar-refractivity contribution in [1.29, 1.82) is 0 Å². The van der Waals surface area contributed by atoms with E-state index in [2.05, 4.69) is 38.1 Å². The summed E-state index contributed by atoms with van der Waals surface area (Å²) in [4.78, 5) is 10.9. The van der Waals surface area contributed by atoms with E-state index in [-0.39, 0.29) is 0 Å². The van der Waals surface area contributed by atoms with Gasteiger partial charge in [-0.3, -0.25) is 0 Å². The summed E-state index contributed by atoms with van der Waals surface area (Å²) in [5.41, 5.74) is 1.34. The lowest BCUT2D eigenvalue weighted by Gasteiger charge is -2.37. The standard InChI is InChI=1S/C15H22OSi/c1-3-17(10-8-14(12-16)9-11-17)15-6-4-13(2)5-7-15/h4-7,12,14H,3,8-11H2,1-2H3.